The van der Waals surface area contributed by atoms with E-state index in [-0.39, 0.29) is 12.0 Å². The van der Waals surface area contributed by atoms with Crippen LogP contribution in [0.3, 0.4) is 0 Å². The van der Waals surface area contributed by atoms with E-state index in [9.17, 15) is 4.79 Å². The third kappa shape index (κ3) is 4.40. The standard InChI is InChI=1S/C12H18N2O2/c1-9(2)16-7-6-13-12(15)11-5-4-10(3)14-8-11/h4-5,8-9H,6-7H2,1-3H3,(H,13,15). The first-order valence-electron chi connectivity index (χ1n) is 5.42. The molecule has 0 aliphatic carbocycles. The molecule has 1 N–H and O–H groups in total. The summed E-state index contributed by atoms with van der Waals surface area (Å²) < 4.78 is 5.32. The molecule has 0 spiro atoms. The molecular formula is C12H18N2O2. The normalized spacial score (nSPS) is 10.5. The summed E-state index contributed by atoms with van der Waals surface area (Å²) >= 11 is 0. The van der Waals surface area contributed by atoms with Gasteiger partial charge in [0.1, 0.15) is 0 Å². The second-order valence-electron chi connectivity index (χ2n) is 3.86. The molecule has 1 rings (SSSR count). The Morgan fingerprint density at radius 2 is 2.25 bits per heavy atom. The Morgan fingerprint density at radius 3 is 2.81 bits per heavy atom. The molecule has 4 nitrogen and oxygen atoms in total. The summed E-state index contributed by atoms with van der Waals surface area (Å²) in [5, 5.41) is 2.77. The molecule has 1 aromatic heterocycles. The Morgan fingerprint density at radius 1 is 1.50 bits per heavy atom. The third-order valence-electron chi connectivity index (χ3n) is 2.01. The molecular weight excluding hydrogens is 204 g/mol. The van der Waals surface area contributed by atoms with Crippen molar-refractivity contribution in [2.45, 2.75) is 26.9 Å². The molecule has 0 atom stereocenters. The van der Waals surface area contributed by atoms with E-state index in [0.29, 0.717) is 18.7 Å². The van der Waals surface area contributed by atoms with Gasteiger partial charge in [-0.25, -0.2) is 0 Å². The number of rotatable bonds is 5. The molecule has 1 heterocycles. The van der Waals surface area contributed by atoms with E-state index < -0.39 is 0 Å². The van der Waals surface area contributed by atoms with Crippen molar-refractivity contribution in [1.29, 1.82) is 0 Å². The first-order valence-corrected chi connectivity index (χ1v) is 5.42. The molecule has 4 heteroatoms. The molecule has 0 bridgehead atoms. The molecule has 0 saturated carbocycles. The Bertz CT molecular complexity index is 333. The molecule has 0 saturated heterocycles. The van der Waals surface area contributed by atoms with Gasteiger partial charge in [0.25, 0.3) is 5.91 Å². The van der Waals surface area contributed by atoms with Crippen LogP contribution in [0.25, 0.3) is 0 Å². The van der Waals surface area contributed by atoms with Crippen LogP contribution in [-0.4, -0.2) is 30.1 Å². The van der Waals surface area contributed by atoms with Crippen LogP contribution in [0.1, 0.15) is 29.9 Å². The Balaban J connectivity index is 2.32. The van der Waals surface area contributed by atoms with E-state index in [2.05, 4.69) is 10.3 Å². The molecule has 0 fully saturated rings. The van der Waals surface area contributed by atoms with Gasteiger partial charge < -0.3 is 10.1 Å². The Hall–Kier alpha value is -1.42. The lowest BCUT2D eigenvalue weighted by Crippen LogP contribution is -2.28. The zero-order chi connectivity index (χ0) is 12.0. The second kappa shape index (κ2) is 6.23. The first-order chi connectivity index (χ1) is 7.59. The molecule has 0 radical (unpaired) electrons. The second-order valence-corrected chi connectivity index (χ2v) is 3.86. The lowest BCUT2D eigenvalue weighted by molar-refractivity contribution is 0.0746. The van der Waals surface area contributed by atoms with Gasteiger partial charge >= 0.3 is 0 Å². The van der Waals surface area contributed by atoms with Crippen molar-refractivity contribution in [1.82, 2.24) is 10.3 Å². The lowest BCUT2D eigenvalue weighted by atomic mass is 10.2. The van der Waals surface area contributed by atoms with E-state index in [1.54, 1.807) is 12.3 Å². The first kappa shape index (κ1) is 12.6. The van der Waals surface area contributed by atoms with Crippen LogP contribution in [0.5, 0.6) is 0 Å². The molecule has 88 valence electrons. The fraction of sp³-hybridized carbons (Fsp3) is 0.500. The van der Waals surface area contributed by atoms with Gasteiger partial charge in [0.15, 0.2) is 0 Å². The highest BCUT2D eigenvalue weighted by atomic mass is 16.5. The van der Waals surface area contributed by atoms with Crippen LogP contribution in [0.15, 0.2) is 18.3 Å². The fourth-order valence-electron chi connectivity index (χ4n) is 1.16. The van der Waals surface area contributed by atoms with Gasteiger partial charge in [-0.3, -0.25) is 9.78 Å². The van der Waals surface area contributed by atoms with Crippen molar-refractivity contribution >= 4 is 5.91 Å². The Kier molecular flexibility index (Phi) is 4.92. The maximum absolute atomic E-state index is 11.6. The van der Waals surface area contributed by atoms with Crippen molar-refractivity contribution < 1.29 is 9.53 Å². The topological polar surface area (TPSA) is 51.2 Å². The summed E-state index contributed by atoms with van der Waals surface area (Å²) in [5.41, 5.74) is 1.48. The zero-order valence-electron chi connectivity index (χ0n) is 9.99. The molecule has 1 amide bonds. The van der Waals surface area contributed by atoms with E-state index in [0.717, 1.165) is 5.69 Å². The predicted molar refractivity (Wildman–Crippen MR) is 62.4 cm³/mol. The average molecular weight is 222 g/mol. The number of aryl methyl sites for hydroxylation is 1. The predicted octanol–water partition coefficient (Wildman–Crippen LogP) is 1.54. The maximum Gasteiger partial charge on any atom is 0.252 e. The monoisotopic (exact) mass is 222 g/mol. The summed E-state index contributed by atoms with van der Waals surface area (Å²) in [6.45, 7) is 6.86. The smallest absolute Gasteiger partial charge is 0.252 e. The van der Waals surface area contributed by atoms with Crippen LogP contribution in [0.4, 0.5) is 0 Å². The molecule has 1 aromatic rings. The van der Waals surface area contributed by atoms with Gasteiger partial charge in [-0.1, -0.05) is 0 Å². The van der Waals surface area contributed by atoms with Gasteiger partial charge in [0.05, 0.1) is 18.3 Å². The molecule has 0 unspecified atom stereocenters. The van der Waals surface area contributed by atoms with E-state index in [4.69, 9.17) is 4.74 Å². The number of carbonyl (C=O) groups excluding carboxylic acids is 1. The maximum atomic E-state index is 11.6. The third-order valence-corrected chi connectivity index (χ3v) is 2.01. The molecule has 16 heavy (non-hydrogen) atoms. The molecule has 0 aromatic carbocycles. The number of aromatic nitrogens is 1. The molecule has 0 aliphatic rings. The summed E-state index contributed by atoms with van der Waals surface area (Å²) in [6, 6.07) is 3.58. The van der Waals surface area contributed by atoms with Crippen LogP contribution < -0.4 is 5.32 Å². The SMILES string of the molecule is Cc1ccc(C(=O)NCCOC(C)C)cn1. The highest BCUT2D eigenvalue weighted by molar-refractivity contribution is 5.93. The van der Waals surface area contributed by atoms with E-state index in [1.807, 2.05) is 26.8 Å². The number of pyridine rings is 1. The van der Waals surface area contributed by atoms with Crippen molar-refractivity contribution in [2.75, 3.05) is 13.2 Å². The number of amides is 1. The number of ether oxygens (including phenoxy) is 1. The van der Waals surface area contributed by atoms with Crippen molar-refractivity contribution in [3.05, 3.63) is 29.6 Å². The Labute approximate surface area is 96.0 Å². The number of carbonyl (C=O) groups is 1. The van der Waals surface area contributed by atoms with Gasteiger partial charge in [0.2, 0.25) is 0 Å². The van der Waals surface area contributed by atoms with Crippen molar-refractivity contribution in [3.8, 4) is 0 Å². The average Bonchev–Trinajstić information content (AvgIpc) is 2.25. The largest absolute Gasteiger partial charge is 0.377 e. The highest BCUT2D eigenvalue weighted by Gasteiger charge is 2.04. The number of nitrogens with one attached hydrogen (secondary N) is 1. The minimum absolute atomic E-state index is 0.111. The minimum Gasteiger partial charge on any atom is -0.377 e. The van der Waals surface area contributed by atoms with E-state index in [1.165, 1.54) is 0 Å². The number of hydrogen-bond acceptors (Lipinski definition) is 3. The summed E-state index contributed by atoms with van der Waals surface area (Å²) in [5.74, 6) is -0.111. The highest BCUT2D eigenvalue weighted by Crippen LogP contribution is 1.98. The van der Waals surface area contributed by atoms with Crippen LogP contribution in [-0.2, 0) is 4.74 Å². The van der Waals surface area contributed by atoms with Gasteiger partial charge in [-0.15, -0.1) is 0 Å². The van der Waals surface area contributed by atoms with Gasteiger partial charge in [-0.05, 0) is 32.9 Å². The van der Waals surface area contributed by atoms with Crippen LogP contribution >= 0.6 is 0 Å². The van der Waals surface area contributed by atoms with Crippen molar-refractivity contribution in [2.24, 2.45) is 0 Å². The number of nitrogens with zero attached hydrogens (tertiary/aromatic N) is 1. The van der Waals surface area contributed by atoms with E-state index >= 15 is 0 Å². The quantitative estimate of drug-likeness (QED) is 0.769. The van der Waals surface area contributed by atoms with Gasteiger partial charge in [0, 0.05) is 18.4 Å². The van der Waals surface area contributed by atoms with Crippen LogP contribution in [0.2, 0.25) is 0 Å². The molecule has 0 aliphatic heterocycles. The minimum atomic E-state index is -0.111. The fourth-order valence-corrected chi connectivity index (χ4v) is 1.16. The van der Waals surface area contributed by atoms with Crippen LogP contribution in [0, 0.1) is 6.92 Å². The van der Waals surface area contributed by atoms with Crippen molar-refractivity contribution in [3.63, 3.8) is 0 Å². The summed E-state index contributed by atoms with van der Waals surface area (Å²) in [6.07, 6.45) is 1.77. The lowest BCUT2D eigenvalue weighted by Gasteiger charge is -2.08. The summed E-state index contributed by atoms with van der Waals surface area (Å²) in [4.78, 5) is 15.7. The van der Waals surface area contributed by atoms with Gasteiger partial charge in [-0.2, -0.15) is 0 Å². The zero-order valence-corrected chi connectivity index (χ0v) is 9.99. The summed E-state index contributed by atoms with van der Waals surface area (Å²) in [7, 11) is 0. The number of hydrogen-bond donors (Lipinski definition) is 1.